The molecule has 98 valence electrons. The predicted molar refractivity (Wildman–Crippen MR) is 73.7 cm³/mol. The van der Waals surface area contributed by atoms with Crippen molar-refractivity contribution in [1.29, 1.82) is 0 Å². The maximum atomic E-state index is 4.49. The Balaban J connectivity index is 1.55. The van der Waals surface area contributed by atoms with Gasteiger partial charge in [-0.05, 0) is 49.5 Å². The summed E-state index contributed by atoms with van der Waals surface area (Å²) in [6.45, 7) is 4.15. The molecule has 0 aromatic carbocycles. The van der Waals surface area contributed by atoms with E-state index in [1.807, 2.05) is 12.3 Å². The molecule has 2 aliphatic rings. The molecule has 4 heteroatoms. The average Bonchev–Trinajstić information content (AvgIpc) is 3.27. The van der Waals surface area contributed by atoms with E-state index >= 15 is 0 Å². The van der Waals surface area contributed by atoms with Crippen LogP contribution in [0.3, 0.4) is 0 Å². The van der Waals surface area contributed by atoms with E-state index in [0.29, 0.717) is 5.41 Å². The number of anilines is 2. The molecule has 0 bridgehead atoms. The summed E-state index contributed by atoms with van der Waals surface area (Å²) < 4.78 is 0. The predicted octanol–water partition coefficient (Wildman–Crippen LogP) is 2.90. The fourth-order valence-corrected chi connectivity index (χ4v) is 2.63. The summed E-state index contributed by atoms with van der Waals surface area (Å²) in [4.78, 5) is 8.71. The van der Waals surface area contributed by atoms with E-state index in [9.17, 15) is 0 Å². The monoisotopic (exact) mass is 246 g/mol. The maximum Gasteiger partial charge on any atom is 0.224 e. The first-order valence-electron chi connectivity index (χ1n) is 7.13. The first-order chi connectivity index (χ1) is 8.82. The molecule has 2 aliphatic carbocycles. The maximum absolute atomic E-state index is 4.49. The Labute approximate surface area is 109 Å². The number of nitrogens with zero attached hydrogens (tertiary/aromatic N) is 2. The van der Waals surface area contributed by atoms with Crippen molar-refractivity contribution in [2.45, 2.75) is 39.0 Å². The highest BCUT2D eigenvalue weighted by molar-refractivity contribution is 5.40. The van der Waals surface area contributed by atoms with Gasteiger partial charge in [0.15, 0.2) is 0 Å². The minimum atomic E-state index is 0.613. The Bertz CT molecular complexity index is 410. The molecule has 0 unspecified atom stereocenters. The highest BCUT2D eigenvalue weighted by Crippen LogP contribution is 2.61. The molecule has 0 amide bonds. The molecule has 0 aliphatic heterocycles. The lowest BCUT2D eigenvalue weighted by atomic mass is 10.0. The van der Waals surface area contributed by atoms with Crippen molar-refractivity contribution in [2.75, 3.05) is 23.7 Å². The molecular formula is C14H22N4. The zero-order valence-corrected chi connectivity index (χ0v) is 11.1. The molecule has 1 aromatic rings. The molecule has 1 heterocycles. The van der Waals surface area contributed by atoms with Gasteiger partial charge in [-0.2, -0.15) is 4.98 Å². The topological polar surface area (TPSA) is 49.8 Å². The van der Waals surface area contributed by atoms with Gasteiger partial charge >= 0.3 is 0 Å². The van der Waals surface area contributed by atoms with Gasteiger partial charge in [0.1, 0.15) is 5.82 Å². The number of hydrogen-bond acceptors (Lipinski definition) is 4. The van der Waals surface area contributed by atoms with Crippen LogP contribution in [-0.4, -0.2) is 23.1 Å². The van der Waals surface area contributed by atoms with Gasteiger partial charge < -0.3 is 10.6 Å². The van der Waals surface area contributed by atoms with E-state index in [4.69, 9.17) is 0 Å². The minimum Gasteiger partial charge on any atom is -0.369 e. The van der Waals surface area contributed by atoms with Crippen molar-refractivity contribution in [3.8, 4) is 0 Å². The molecule has 4 nitrogen and oxygen atoms in total. The zero-order chi connectivity index (χ0) is 12.4. The summed E-state index contributed by atoms with van der Waals surface area (Å²) in [7, 11) is 0. The summed E-state index contributed by atoms with van der Waals surface area (Å²) in [6.07, 6.45) is 8.59. The summed E-state index contributed by atoms with van der Waals surface area (Å²) in [6, 6.07) is 1.96. The van der Waals surface area contributed by atoms with E-state index in [1.54, 1.807) is 0 Å². The van der Waals surface area contributed by atoms with Crippen LogP contribution in [0.2, 0.25) is 0 Å². The second-order valence-electron chi connectivity index (χ2n) is 5.68. The smallest absolute Gasteiger partial charge is 0.224 e. The van der Waals surface area contributed by atoms with Gasteiger partial charge in [-0.25, -0.2) is 4.98 Å². The summed E-state index contributed by atoms with van der Waals surface area (Å²) in [5.41, 5.74) is 0.613. The Morgan fingerprint density at radius 2 is 2.17 bits per heavy atom. The van der Waals surface area contributed by atoms with Crippen molar-refractivity contribution in [2.24, 2.45) is 11.3 Å². The molecule has 0 radical (unpaired) electrons. The lowest BCUT2D eigenvalue weighted by molar-refractivity contribution is 0.466. The fourth-order valence-electron chi connectivity index (χ4n) is 2.63. The van der Waals surface area contributed by atoms with Crippen LogP contribution in [0.5, 0.6) is 0 Å². The fraction of sp³-hybridized carbons (Fsp3) is 0.714. The molecular weight excluding hydrogens is 224 g/mol. The van der Waals surface area contributed by atoms with E-state index in [0.717, 1.165) is 37.2 Å². The van der Waals surface area contributed by atoms with Crippen molar-refractivity contribution >= 4 is 11.8 Å². The first kappa shape index (κ1) is 11.8. The van der Waals surface area contributed by atoms with Crippen molar-refractivity contribution in [1.82, 2.24) is 9.97 Å². The van der Waals surface area contributed by atoms with Gasteiger partial charge in [0.25, 0.3) is 0 Å². The summed E-state index contributed by atoms with van der Waals surface area (Å²) in [5, 5.41) is 6.71. The molecule has 0 atom stereocenters. The Morgan fingerprint density at radius 1 is 1.33 bits per heavy atom. The third-order valence-corrected chi connectivity index (χ3v) is 4.15. The molecule has 2 fully saturated rings. The molecule has 2 N–H and O–H groups in total. The quantitative estimate of drug-likeness (QED) is 0.776. The first-order valence-corrected chi connectivity index (χ1v) is 7.13. The SMILES string of the molecule is CCCNc1nccc(NCC2(C3CC3)CC2)n1. The Hall–Kier alpha value is -1.32. The highest BCUT2D eigenvalue weighted by Gasteiger charge is 2.53. The summed E-state index contributed by atoms with van der Waals surface area (Å²) in [5.74, 6) is 2.68. The normalized spacial score (nSPS) is 20.5. The van der Waals surface area contributed by atoms with Crippen LogP contribution in [-0.2, 0) is 0 Å². The lowest BCUT2D eigenvalue weighted by Gasteiger charge is -2.15. The third-order valence-electron chi connectivity index (χ3n) is 4.15. The molecule has 3 rings (SSSR count). The minimum absolute atomic E-state index is 0.613. The largest absolute Gasteiger partial charge is 0.369 e. The van der Waals surface area contributed by atoms with Crippen LogP contribution in [0.25, 0.3) is 0 Å². The molecule has 0 saturated heterocycles. The molecule has 18 heavy (non-hydrogen) atoms. The van der Waals surface area contributed by atoms with E-state index in [-0.39, 0.29) is 0 Å². The van der Waals surface area contributed by atoms with Gasteiger partial charge in [0.2, 0.25) is 5.95 Å². The summed E-state index contributed by atoms with van der Waals surface area (Å²) >= 11 is 0. The second-order valence-corrected chi connectivity index (χ2v) is 5.68. The van der Waals surface area contributed by atoms with Crippen LogP contribution >= 0.6 is 0 Å². The van der Waals surface area contributed by atoms with Gasteiger partial charge in [-0.1, -0.05) is 6.92 Å². The highest BCUT2D eigenvalue weighted by atomic mass is 15.1. The van der Waals surface area contributed by atoms with Crippen LogP contribution in [0, 0.1) is 11.3 Å². The van der Waals surface area contributed by atoms with Gasteiger partial charge in [0, 0.05) is 19.3 Å². The number of rotatable bonds is 7. The molecule has 1 aromatic heterocycles. The second kappa shape index (κ2) is 4.75. The van der Waals surface area contributed by atoms with Crippen molar-refractivity contribution < 1.29 is 0 Å². The zero-order valence-electron chi connectivity index (χ0n) is 11.1. The van der Waals surface area contributed by atoms with Crippen LogP contribution < -0.4 is 10.6 Å². The van der Waals surface area contributed by atoms with Crippen LogP contribution in [0.4, 0.5) is 11.8 Å². The van der Waals surface area contributed by atoms with Crippen LogP contribution in [0.15, 0.2) is 12.3 Å². The third kappa shape index (κ3) is 2.57. The Morgan fingerprint density at radius 3 is 2.83 bits per heavy atom. The van der Waals surface area contributed by atoms with Gasteiger partial charge in [0.05, 0.1) is 0 Å². The van der Waals surface area contributed by atoms with Crippen molar-refractivity contribution in [3.05, 3.63) is 12.3 Å². The van der Waals surface area contributed by atoms with Gasteiger partial charge in [-0.15, -0.1) is 0 Å². The lowest BCUT2D eigenvalue weighted by Crippen LogP contribution is -2.18. The van der Waals surface area contributed by atoms with E-state index < -0.39 is 0 Å². The average molecular weight is 246 g/mol. The van der Waals surface area contributed by atoms with E-state index in [2.05, 4.69) is 27.5 Å². The molecule has 0 spiro atoms. The number of aromatic nitrogens is 2. The van der Waals surface area contributed by atoms with Gasteiger partial charge in [-0.3, -0.25) is 0 Å². The standard InChI is InChI=1S/C14H22N4/c1-2-8-15-13-16-9-5-12(18-13)17-10-14(6-7-14)11-3-4-11/h5,9,11H,2-4,6-8,10H2,1H3,(H2,15,16,17,18). The number of hydrogen-bond donors (Lipinski definition) is 2. The Kier molecular flexibility index (Phi) is 3.10. The van der Waals surface area contributed by atoms with E-state index in [1.165, 1.54) is 25.7 Å². The van der Waals surface area contributed by atoms with Crippen LogP contribution in [0.1, 0.15) is 39.0 Å². The molecule has 2 saturated carbocycles. The van der Waals surface area contributed by atoms with Crippen molar-refractivity contribution in [3.63, 3.8) is 0 Å². The number of nitrogens with one attached hydrogen (secondary N) is 2.